The molecule has 0 saturated carbocycles. The summed E-state index contributed by atoms with van der Waals surface area (Å²) in [6.07, 6.45) is 2.28. The van der Waals surface area contributed by atoms with Crippen molar-refractivity contribution >= 4 is 11.7 Å². The predicted octanol–water partition coefficient (Wildman–Crippen LogP) is 1.48. The van der Waals surface area contributed by atoms with Crippen LogP contribution in [-0.4, -0.2) is 26.8 Å². The average molecular weight is 303 g/mol. The third kappa shape index (κ3) is 3.75. The maximum Gasteiger partial charge on any atom is 0.319 e. The molecule has 3 N–H and O–H groups in total. The maximum absolute atomic E-state index is 12.0. The van der Waals surface area contributed by atoms with Gasteiger partial charge in [-0.1, -0.05) is 0 Å². The fourth-order valence-electron chi connectivity index (χ4n) is 2.19. The highest BCUT2D eigenvalue weighted by Gasteiger charge is 2.13. The van der Waals surface area contributed by atoms with Gasteiger partial charge in [-0.05, 0) is 38.5 Å². The van der Waals surface area contributed by atoms with Crippen molar-refractivity contribution in [1.29, 1.82) is 0 Å². The second-order valence-electron chi connectivity index (χ2n) is 5.54. The molecule has 0 aliphatic carbocycles. The first-order valence-corrected chi connectivity index (χ1v) is 7.11. The van der Waals surface area contributed by atoms with Crippen molar-refractivity contribution in [2.75, 3.05) is 5.32 Å². The van der Waals surface area contributed by atoms with Crippen molar-refractivity contribution in [3.05, 3.63) is 45.6 Å². The number of carbonyl (C=O) groups excluding carboxylic acids is 1. The van der Waals surface area contributed by atoms with E-state index in [1.165, 1.54) is 4.57 Å². The predicted molar refractivity (Wildman–Crippen MR) is 85.1 cm³/mol. The second kappa shape index (κ2) is 6.46. The van der Waals surface area contributed by atoms with Crippen LogP contribution >= 0.6 is 0 Å². The van der Waals surface area contributed by atoms with Crippen LogP contribution in [0.25, 0.3) is 0 Å². The number of rotatable bonds is 4. The molecule has 118 valence electrons. The zero-order valence-corrected chi connectivity index (χ0v) is 13.2. The molecule has 0 aromatic carbocycles. The summed E-state index contributed by atoms with van der Waals surface area (Å²) < 4.78 is 1.43. The summed E-state index contributed by atoms with van der Waals surface area (Å²) in [6, 6.07) is 3.22. The van der Waals surface area contributed by atoms with Gasteiger partial charge in [0.1, 0.15) is 5.69 Å². The maximum atomic E-state index is 12.0. The molecule has 0 fully saturated rings. The molecule has 2 aromatic heterocycles. The Morgan fingerprint density at radius 1 is 1.45 bits per heavy atom. The van der Waals surface area contributed by atoms with Gasteiger partial charge in [-0.3, -0.25) is 9.89 Å². The summed E-state index contributed by atoms with van der Waals surface area (Å²) in [5.74, 6) is 0. The minimum Gasteiger partial charge on any atom is -0.335 e. The number of aromatic amines is 1. The topological polar surface area (TPSA) is 91.8 Å². The van der Waals surface area contributed by atoms with Crippen LogP contribution in [0, 0.1) is 13.8 Å². The summed E-state index contributed by atoms with van der Waals surface area (Å²) in [4.78, 5) is 24.0. The van der Waals surface area contributed by atoms with Gasteiger partial charge in [0.2, 0.25) is 0 Å². The molecule has 22 heavy (non-hydrogen) atoms. The standard InChI is InChI=1S/C15H21N5O2/c1-9-5-6-20(4)14(21)13(9)17-15(22)16-10(2)7-12-8-11(3)18-19-12/h5-6,8,10H,7H2,1-4H3,(H,18,19)(H2,16,17,22)/t10-/m1/s1. The Morgan fingerprint density at radius 2 is 2.18 bits per heavy atom. The van der Waals surface area contributed by atoms with Crippen LogP contribution in [0.2, 0.25) is 0 Å². The largest absolute Gasteiger partial charge is 0.335 e. The van der Waals surface area contributed by atoms with Gasteiger partial charge < -0.3 is 15.2 Å². The van der Waals surface area contributed by atoms with Crippen molar-refractivity contribution in [2.45, 2.75) is 33.2 Å². The van der Waals surface area contributed by atoms with Gasteiger partial charge in [-0.15, -0.1) is 0 Å². The van der Waals surface area contributed by atoms with Crippen molar-refractivity contribution in [2.24, 2.45) is 7.05 Å². The molecule has 0 aliphatic heterocycles. The first-order valence-electron chi connectivity index (χ1n) is 7.11. The first kappa shape index (κ1) is 15.8. The molecule has 0 unspecified atom stereocenters. The lowest BCUT2D eigenvalue weighted by molar-refractivity contribution is 0.249. The summed E-state index contributed by atoms with van der Waals surface area (Å²) in [5.41, 5.74) is 2.66. The fourth-order valence-corrected chi connectivity index (χ4v) is 2.19. The van der Waals surface area contributed by atoms with Gasteiger partial charge in [0, 0.05) is 31.4 Å². The van der Waals surface area contributed by atoms with E-state index in [4.69, 9.17) is 0 Å². The highest BCUT2D eigenvalue weighted by molar-refractivity contribution is 5.90. The van der Waals surface area contributed by atoms with Crippen molar-refractivity contribution in [3.8, 4) is 0 Å². The van der Waals surface area contributed by atoms with E-state index < -0.39 is 6.03 Å². The van der Waals surface area contributed by atoms with E-state index in [0.29, 0.717) is 12.1 Å². The minimum atomic E-state index is -0.397. The lowest BCUT2D eigenvalue weighted by Crippen LogP contribution is -2.39. The monoisotopic (exact) mass is 303 g/mol. The molecular weight excluding hydrogens is 282 g/mol. The van der Waals surface area contributed by atoms with Crippen LogP contribution in [0.4, 0.5) is 10.5 Å². The Hall–Kier alpha value is -2.57. The van der Waals surface area contributed by atoms with E-state index in [1.807, 2.05) is 19.9 Å². The molecule has 7 nitrogen and oxygen atoms in total. The number of urea groups is 1. The molecule has 0 radical (unpaired) electrons. The van der Waals surface area contributed by atoms with Crippen molar-refractivity contribution < 1.29 is 4.79 Å². The number of pyridine rings is 1. The molecule has 2 aromatic rings. The number of aryl methyl sites for hydroxylation is 3. The number of nitrogens with zero attached hydrogens (tertiary/aromatic N) is 2. The first-order chi connectivity index (χ1) is 10.4. The average Bonchev–Trinajstić information content (AvgIpc) is 2.84. The third-order valence-corrected chi connectivity index (χ3v) is 3.37. The molecule has 0 bridgehead atoms. The summed E-state index contributed by atoms with van der Waals surface area (Å²) in [7, 11) is 1.65. The van der Waals surface area contributed by atoms with E-state index >= 15 is 0 Å². The number of carbonyl (C=O) groups is 1. The number of hydrogen-bond donors (Lipinski definition) is 3. The molecule has 0 saturated heterocycles. The quantitative estimate of drug-likeness (QED) is 0.799. The number of amides is 2. The Morgan fingerprint density at radius 3 is 2.82 bits per heavy atom. The minimum absolute atomic E-state index is 0.101. The smallest absolute Gasteiger partial charge is 0.319 e. The highest BCUT2D eigenvalue weighted by Crippen LogP contribution is 2.07. The molecule has 2 rings (SSSR count). The van der Waals surface area contributed by atoms with Gasteiger partial charge in [0.25, 0.3) is 5.56 Å². The van der Waals surface area contributed by atoms with Gasteiger partial charge in [-0.25, -0.2) is 4.79 Å². The lowest BCUT2D eigenvalue weighted by Gasteiger charge is -2.14. The number of anilines is 1. The molecule has 0 aliphatic rings. The van der Waals surface area contributed by atoms with Gasteiger partial charge in [0.15, 0.2) is 0 Å². The van der Waals surface area contributed by atoms with Crippen LogP contribution < -0.4 is 16.2 Å². The van der Waals surface area contributed by atoms with E-state index in [2.05, 4.69) is 20.8 Å². The van der Waals surface area contributed by atoms with Crippen LogP contribution in [0.5, 0.6) is 0 Å². The molecule has 2 heterocycles. The Labute approximate surface area is 128 Å². The van der Waals surface area contributed by atoms with Crippen LogP contribution in [0.3, 0.4) is 0 Å². The Balaban J connectivity index is 1.98. The zero-order valence-electron chi connectivity index (χ0n) is 13.2. The number of aromatic nitrogens is 3. The molecule has 7 heteroatoms. The summed E-state index contributed by atoms with van der Waals surface area (Å²) in [5, 5.41) is 12.4. The normalized spacial score (nSPS) is 12.0. The molecule has 1 atom stereocenters. The highest BCUT2D eigenvalue weighted by atomic mass is 16.2. The van der Waals surface area contributed by atoms with E-state index in [9.17, 15) is 9.59 Å². The Bertz CT molecular complexity index is 732. The number of hydrogen-bond acceptors (Lipinski definition) is 3. The zero-order chi connectivity index (χ0) is 16.3. The Kier molecular flexibility index (Phi) is 4.65. The summed E-state index contributed by atoms with van der Waals surface area (Å²) in [6.45, 7) is 5.60. The number of nitrogens with one attached hydrogen (secondary N) is 3. The van der Waals surface area contributed by atoms with E-state index in [0.717, 1.165) is 17.0 Å². The van der Waals surface area contributed by atoms with E-state index in [1.54, 1.807) is 26.2 Å². The van der Waals surface area contributed by atoms with Crippen LogP contribution in [-0.2, 0) is 13.5 Å². The molecular formula is C15H21N5O2. The third-order valence-electron chi connectivity index (χ3n) is 3.37. The van der Waals surface area contributed by atoms with Crippen LogP contribution in [0.1, 0.15) is 23.9 Å². The fraction of sp³-hybridized carbons (Fsp3) is 0.400. The SMILES string of the molecule is Cc1cc(C[C@@H](C)NC(=O)Nc2c(C)ccn(C)c2=O)n[nH]1. The van der Waals surface area contributed by atoms with Crippen LogP contribution in [0.15, 0.2) is 23.1 Å². The van der Waals surface area contributed by atoms with Crippen molar-refractivity contribution in [3.63, 3.8) is 0 Å². The molecule has 0 spiro atoms. The van der Waals surface area contributed by atoms with Gasteiger partial charge in [0.05, 0.1) is 5.69 Å². The second-order valence-corrected chi connectivity index (χ2v) is 5.54. The summed E-state index contributed by atoms with van der Waals surface area (Å²) >= 11 is 0. The lowest BCUT2D eigenvalue weighted by atomic mass is 10.2. The molecule has 2 amide bonds. The van der Waals surface area contributed by atoms with Crippen molar-refractivity contribution in [1.82, 2.24) is 20.1 Å². The van der Waals surface area contributed by atoms with Gasteiger partial charge >= 0.3 is 6.03 Å². The number of H-pyrrole nitrogens is 1. The van der Waals surface area contributed by atoms with E-state index in [-0.39, 0.29) is 11.6 Å². The van der Waals surface area contributed by atoms with Gasteiger partial charge in [-0.2, -0.15) is 5.10 Å².